The van der Waals surface area contributed by atoms with Gasteiger partial charge in [0.25, 0.3) is 0 Å². The molecule has 0 aliphatic rings. The minimum Gasteiger partial charge on any atom is -0.322 e. The Morgan fingerprint density at radius 3 is 2.76 bits per heavy atom. The van der Waals surface area contributed by atoms with E-state index >= 15 is 0 Å². The maximum absolute atomic E-state index is 11.7. The monoisotopic (exact) mass is 279 g/mol. The van der Waals surface area contributed by atoms with Crippen LogP contribution < -0.4 is 11.4 Å². The Balaban J connectivity index is 1.91. The van der Waals surface area contributed by atoms with Crippen LogP contribution in [0.4, 0.5) is 0 Å². The Kier molecular flexibility index (Phi) is 3.54. The van der Waals surface area contributed by atoms with E-state index in [0.717, 1.165) is 16.5 Å². The zero-order valence-electron chi connectivity index (χ0n) is 11.9. The highest BCUT2D eigenvalue weighted by Crippen LogP contribution is 2.20. The lowest BCUT2D eigenvalue weighted by Gasteiger charge is -2.14. The molecule has 4 heteroatoms. The van der Waals surface area contributed by atoms with Crippen LogP contribution in [0.1, 0.15) is 17.2 Å². The second kappa shape index (κ2) is 5.50. The van der Waals surface area contributed by atoms with Gasteiger partial charge in [-0.15, -0.1) is 0 Å². The lowest BCUT2D eigenvalue weighted by Crippen LogP contribution is -2.28. The van der Waals surface area contributed by atoms with Crippen LogP contribution in [-0.4, -0.2) is 9.55 Å². The zero-order valence-corrected chi connectivity index (χ0v) is 11.9. The van der Waals surface area contributed by atoms with Gasteiger partial charge in [0.2, 0.25) is 0 Å². The minimum atomic E-state index is -0.267. The van der Waals surface area contributed by atoms with E-state index in [1.165, 1.54) is 5.39 Å². The van der Waals surface area contributed by atoms with E-state index in [9.17, 15) is 4.79 Å². The molecule has 0 spiro atoms. The normalized spacial score (nSPS) is 12.5. The molecule has 3 rings (SSSR count). The van der Waals surface area contributed by atoms with Gasteiger partial charge in [-0.2, -0.15) is 0 Å². The van der Waals surface area contributed by atoms with E-state index in [2.05, 4.69) is 29.2 Å². The molecule has 3 aromatic rings. The number of aryl methyl sites for hydroxylation is 1. The molecule has 1 atom stereocenters. The van der Waals surface area contributed by atoms with Gasteiger partial charge < -0.3 is 5.73 Å². The van der Waals surface area contributed by atoms with E-state index in [4.69, 9.17) is 5.73 Å². The molecule has 0 bridgehead atoms. The molecule has 2 aromatic carbocycles. The fourth-order valence-electron chi connectivity index (χ4n) is 2.45. The fraction of sp³-hybridized carbons (Fsp3) is 0.176. The third kappa shape index (κ3) is 2.85. The Hall–Kier alpha value is -2.46. The molecule has 106 valence electrons. The Morgan fingerprint density at radius 1 is 1.19 bits per heavy atom. The van der Waals surface area contributed by atoms with Crippen LogP contribution in [0.15, 0.2) is 59.7 Å². The second-order valence-corrected chi connectivity index (χ2v) is 5.28. The van der Waals surface area contributed by atoms with Crippen LogP contribution in [-0.2, 0) is 6.54 Å². The number of hydrogen-bond donors (Lipinski definition) is 1. The van der Waals surface area contributed by atoms with E-state index in [1.807, 2.05) is 25.1 Å². The van der Waals surface area contributed by atoms with Gasteiger partial charge in [0.05, 0.1) is 0 Å². The third-order valence-electron chi connectivity index (χ3n) is 3.58. The number of nitrogens with two attached hydrogens (primary N) is 1. The summed E-state index contributed by atoms with van der Waals surface area (Å²) in [5.41, 5.74) is 7.94. The molecule has 0 saturated heterocycles. The van der Waals surface area contributed by atoms with Crippen molar-refractivity contribution in [1.82, 2.24) is 9.55 Å². The molecule has 21 heavy (non-hydrogen) atoms. The summed E-state index contributed by atoms with van der Waals surface area (Å²) >= 11 is 0. The van der Waals surface area contributed by atoms with Gasteiger partial charge in [-0.05, 0) is 34.9 Å². The van der Waals surface area contributed by atoms with Crippen molar-refractivity contribution in [2.24, 2.45) is 5.73 Å². The van der Waals surface area contributed by atoms with Crippen molar-refractivity contribution in [3.8, 4) is 0 Å². The summed E-state index contributed by atoms with van der Waals surface area (Å²) in [5, 5.41) is 2.34. The van der Waals surface area contributed by atoms with Crippen molar-refractivity contribution in [2.45, 2.75) is 19.5 Å². The first-order valence-corrected chi connectivity index (χ1v) is 6.91. The number of aromatic nitrogens is 2. The first-order valence-electron chi connectivity index (χ1n) is 6.91. The highest BCUT2D eigenvalue weighted by Gasteiger charge is 2.09. The number of benzene rings is 2. The molecular formula is C17H17N3O. The first-order chi connectivity index (χ1) is 10.1. The molecule has 0 amide bonds. The molecule has 0 fully saturated rings. The molecule has 1 aromatic heterocycles. The van der Waals surface area contributed by atoms with Crippen molar-refractivity contribution in [3.63, 3.8) is 0 Å². The molecule has 0 aliphatic carbocycles. The maximum Gasteiger partial charge on any atom is 0.347 e. The van der Waals surface area contributed by atoms with E-state index in [-0.39, 0.29) is 11.7 Å². The minimum absolute atomic E-state index is 0.240. The van der Waals surface area contributed by atoms with Crippen molar-refractivity contribution in [1.29, 1.82) is 0 Å². The largest absolute Gasteiger partial charge is 0.347 e. The zero-order chi connectivity index (χ0) is 14.8. The highest BCUT2D eigenvalue weighted by molar-refractivity contribution is 5.83. The van der Waals surface area contributed by atoms with E-state index in [1.54, 1.807) is 17.0 Å². The van der Waals surface area contributed by atoms with Crippen LogP contribution >= 0.6 is 0 Å². The molecule has 0 radical (unpaired) electrons. The molecule has 0 saturated carbocycles. The standard InChI is InChI=1S/C17H17N3O/c1-12-9-19-17(21)20(10-12)11-16(18)15-7-6-13-4-2-3-5-14(13)8-15/h2-10,16H,11,18H2,1H3. The summed E-state index contributed by atoms with van der Waals surface area (Å²) < 4.78 is 1.56. The summed E-state index contributed by atoms with van der Waals surface area (Å²) in [6.45, 7) is 2.33. The van der Waals surface area contributed by atoms with Gasteiger partial charge in [-0.25, -0.2) is 9.78 Å². The van der Waals surface area contributed by atoms with Crippen LogP contribution in [0.5, 0.6) is 0 Å². The Bertz CT molecular complexity index is 839. The van der Waals surface area contributed by atoms with Gasteiger partial charge in [0.1, 0.15) is 0 Å². The van der Waals surface area contributed by atoms with Crippen molar-refractivity contribution in [2.75, 3.05) is 0 Å². The predicted molar refractivity (Wildman–Crippen MR) is 84.1 cm³/mol. The number of hydrogen-bond acceptors (Lipinski definition) is 3. The number of fused-ring (bicyclic) bond motifs is 1. The third-order valence-corrected chi connectivity index (χ3v) is 3.58. The fourth-order valence-corrected chi connectivity index (χ4v) is 2.45. The van der Waals surface area contributed by atoms with Gasteiger partial charge in [-0.1, -0.05) is 36.4 Å². The Morgan fingerprint density at radius 2 is 1.95 bits per heavy atom. The quantitative estimate of drug-likeness (QED) is 0.801. The van der Waals surface area contributed by atoms with Crippen LogP contribution in [0.3, 0.4) is 0 Å². The van der Waals surface area contributed by atoms with Gasteiger partial charge >= 0.3 is 5.69 Å². The molecule has 0 aliphatic heterocycles. The lowest BCUT2D eigenvalue weighted by atomic mass is 10.0. The van der Waals surface area contributed by atoms with Crippen molar-refractivity contribution >= 4 is 10.8 Å². The Labute approximate surface area is 122 Å². The summed E-state index contributed by atoms with van der Waals surface area (Å²) in [4.78, 5) is 15.6. The molecule has 1 heterocycles. The summed E-state index contributed by atoms with van der Waals surface area (Å²) in [6.07, 6.45) is 3.36. The molecular weight excluding hydrogens is 262 g/mol. The van der Waals surface area contributed by atoms with E-state index in [0.29, 0.717) is 6.54 Å². The molecule has 4 nitrogen and oxygen atoms in total. The lowest BCUT2D eigenvalue weighted by molar-refractivity contribution is 0.550. The predicted octanol–water partition coefficient (Wildman–Crippen LogP) is 2.40. The summed E-state index contributed by atoms with van der Waals surface area (Å²) in [7, 11) is 0. The second-order valence-electron chi connectivity index (χ2n) is 5.28. The van der Waals surface area contributed by atoms with Crippen molar-refractivity contribution < 1.29 is 0 Å². The first kappa shape index (κ1) is 13.5. The van der Waals surface area contributed by atoms with Crippen molar-refractivity contribution in [3.05, 3.63) is 76.5 Å². The van der Waals surface area contributed by atoms with E-state index < -0.39 is 0 Å². The van der Waals surface area contributed by atoms with Gasteiger partial charge in [-0.3, -0.25) is 4.57 Å². The van der Waals surface area contributed by atoms with Crippen LogP contribution in [0.25, 0.3) is 10.8 Å². The number of nitrogens with zero attached hydrogens (tertiary/aromatic N) is 2. The van der Waals surface area contributed by atoms with Crippen LogP contribution in [0, 0.1) is 6.92 Å². The summed E-state index contributed by atoms with van der Waals surface area (Å²) in [5.74, 6) is 0. The topological polar surface area (TPSA) is 60.9 Å². The molecule has 1 unspecified atom stereocenters. The van der Waals surface area contributed by atoms with Gasteiger partial charge in [0.15, 0.2) is 0 Å². The SMILES string of the molecule is Cc1cnc(=O)n(CC(N)c2ccc3ccccc3c2)c1. The van der Waals surface area contributed by atoms with Gasteiger partial charge in [0, 0.05) is 25.0 Å². The number of rotatable bonds is 3. The summed E-state index contributed by atoms with van der Waals surface area (Å²) in [6, 6.07) is 14.1. The molecule has 2 N–H and O–H groups in total. The average molecular weight is 279 g/mol. The average Bonchev–Trinajstić information content (AvgIpc) is 2.50. The van der Waals surface area contributed by atoms with Crippen LogP contribution in [0.2, 0.25) is 0 Å². The maximum atomic E-state index is 11.7. The smallest absolute Gasteiger partial charge is 0.322 e. The highest BCUT2D eigenvalue weighted by atomic mass is 16.1.